The molecular weight excluding hydrogens is 166 g/mol. The van der Waals surface area contributed by atoms with Crippen LogP contribution in [0, 0.1) is 0 Å². The number of methoxy groups -OCH3 is 1. The van der Waals surface area contributed by atoms with Crippen LogP contribution >= 0.6 is 0 Å². The van der Waals surface area contributed by atoms with Crippen molar-refractivity contribution in [2.75, 3.05) is 14.2 Å². The fourth-order valence-electron chi connectivity index (χ4n) is 1.15. The molecule has 0 saturated carbocycles. The van der Waals surface area contributed by atoms with Gasteiger partial charge in [-0.05, 0) is 5.56 Å². The Bertz CT molecular complexity index is 272. The van der Waals surface area contributed by atoms with Crippen LogP contribution in [-0.2, 0) is 9.53 Å². The van der Waals surface area contributed by atoms with Gasteiger partial charge in [0.15, 0.2) is 6.10 Å². The first-order chi connectivity index (χ1) is 6.29. The predicted molar refractivity (Wildman–Crippen MR) is 50.3 cm³/mol. The van der Waals surface area contributed by atoms with E-state index in [2.05, 4.69) is 5.32 Å². The largest absolute Gasteiger partial charge is 0.367 e. The lowest BCUT2D eigenvalue weighted by molar-refractivity contribution is -0.130. The molecule has 0 saturated heterocycles. The SMILES string of the molecule is CNC(=O)C(OC)c1ccccc1. The van der Waals surface area contributed by atoms with Crippen LogP contribution in [-0.4, -0.2) is 20.1 Å². The van der Waals surface area contributed by atoms with E-state index in [1.54, 1.807) is 7.05 Å². The van der Waals surface area contributed by atoms with Crippen LogP contribution < -0.4 is 5.32 Å². The van der Waals surface area contributed by atoms with E-state index in [9.17, 15) is 4.79 Å². The van der Waals surface area contributed by atoms with E-state index in [1.807, 2.05) is 30.3 Å². The Hall–Kier alpha value is -1.35. The zero-order valence-electron chi connectivity index (χ0n) is 7.78. The molecule has 0 aliphatic heterocycles. The lowest BCUT2D eigenvalue weighted by Gasteiger charge is -2.13. The molecule has 1 N–H and O–H groups in total. The highest BCUT2D eigenvalue weighted by molar-refractivity contribution is 5.81. The van der Waals surface area contributed by atoms with Gasteiger partial charge in [-0.1, -0.05) is 30.3 Å². The van der Waals surface area contributed by atoms with E-state index in [1.165, 1.54) is 7.11 Å². The van der Waals surface area contributed by atoms with Gasteiger partial charge in [0.05, 0.1) is 0 Å². The number of hydrogen-bond acceptors (Lipinski definition) is 2. The molecule has 1 aromatic rings. The fourth-order valence-corrected chi connectivity index (χ4v) is 1.15. The van der Waals surface area contributed by atoms with Crippen LogP contribution in [0.3, 0.4) is 0 Å². The second kappa shape index (κ2) is 4.62. The number of rotatable bonds is 3. The van der Waals surface area contributed by atoms with Crippen molar-refractivity contribution in [2.24, 2.45) is 0 Å². The summed E-state index contributed by atoms with van der Waals surface area (Å²) < 4.78 is 5.08. The highest BCUT2D eigenvalue weighted by Gasteiger charge is 2.17. The zero-order chi connectivity index (χ0) is 9.68. The molecule has 0 radical (unpaired) electrons. The summed E-state index contributed by atoms with van der Waals surface area (Å²) >= 11 is 0. The highest BCUT2D eigenvalue weighted by atomic mass is 16.5. The van der Waals surface area contributed by atoms with E-state index in [-0.39, 0.29) is 5.91 Å². The van der Waals surface area contributed by atoms with E-state index in [0.29, 0.717) is 0 Å². The van der Waals surface area contributed by atoms with E-state index >= 15 is 0 Å². The fraction of sp³-hybridized carbons (Fsp3) is 0.300. The summed E-state index contributed by atoms with van der Waals surface area (Å²) in [5, 5.41) is 2.55. The summed E-state index contributed by atoms with van der Waals surface area (Å²) in [6.45, 7) is 0. The minimum Gasteiger partial charge on any atom is -0.367 e. The first-order valence-electron chi connectivity index (χ1n) is 4.09. The normalized spacial score (nSPS) is 12.2. The summed E-state index contributed by atoms with van der Waals surface area (Å²) in [6.07, 6.45) is -0.508. The summed E-state index contributed by atoms with van der Waals surface area (Å²) in [7, 11) is 3.12. The van der Waals surface area contributed by atoms with Gasteiger partial charge >= 0.3 is 0 Å². The Morgan fingerprint density at radius 3 is 2.46 bits per heavy atom. The van der Waals surface area contributed by atoms with Gasteiger partial charge in [0.25, 0.3) is 5.91 Å². The number of nitrogens with one attached hydrogen (secondary N) is 1. The van der Waals surface area contributed by atoms with Crippen LogP contribution in [0.4, 0.5) is 0 Å². The van der Waals surface area contributed by atoms with Crippen molar-refractivity contribution < 1.29 is 9.53 Å². The van der Waals surface area contributed by atoms with Crippen LogP contribution in [0.15, 0.2) is 30.3 Å². The molecule has 0 spiro atoms. The predicted octanol–water partition coefficient (Wildman–Crippen LogP) is 1.12. The number of likely N-dealkylation sites (N-methyl/N-ethyl adjacent to an activating group) is 1. The Morgan fingerprint density at radius 2 is 2.00 bits per heavy atom. The van der Waals surface area contributed by atoms with Crippen molar-refractivity contribution in [1.82, 2.24) is 5.32 Å². The van der Waals surface area contributed by atoms with Gasteiger partial charge in [-0.3, -0.25) is 4.79 Å². The summed E-state index contributed by atoms with van der Waals surface area (Å²) in [6, 6.07) is 9.39. The maximum atomic E-state index is 11.3. The second-order valence-corrected chi connectivity index (χ2v) is 2.64. The van der Waals surface area contributed by atoms with Gasteiger partial charge in [-0.25, -0.2) is 0 Å². The van der Waals surface area contributed by atoms with E-state index in [4.69, 9.17) is 4.74 Å². The molecular formula is C10H13NO2. The average Bonchev–Trinajstić information content (AvgIpc) is 2.20. The Balaban J connectivity index is 2.85. The quantitative estimate of drug-likeness (QED) is 0.755. The van der Waals surface area contributed by atoms with Crippen molar-refractivity contribution in [3.63, 3.8) is 0 Å². The summed E-state index contributed by atoms with van der Waals surface area (Å²) in [4.78, 5) is 11.3. The molecule has 0 bridgehead atoms. The number of ether oxygens (including phenoxy) is 1. The molecule has 13 heavy (non-hydrogen) atoms. The monoisotopic (exact) mass is 179 g/mol. The first kappa shape index (κ1) is 9.74. The van der Waals surface area contributed by atoms with Crippen LogP contribution in [0.1, 0.15) is 11.7 Å². The molecule has 1 rings (SSSR count). The number of carbonyl (C=O) groups excluding carboxylic acids is 1. The van der Waals surface area contributed by atoms with Gasteiger partial charge in [0.2, 0.25) is 0 Å². The molecule has 1 amide bonds. The average molecular weight is 179 g/mol. The van der Waals surface area contributed by atoms with E-state index in [0.717, 1.165) is 5.56 Å². The number of benzene rings is 1. The first-order valence-corrected chi connectivity index (χ1v) is 4.09. The van der Waals surface area contributed by atoms with Crippen molar-refractivity contribution in [2.45, 2.75) is 6.10 Å². The van der Waals surface area contributed by atoms with Gasteiger partial charge in [0, 0.05) is 14.2 Å². The molecule has 0 aliphatic rings. The molecule has 70 valence electrons. The van der Waals surface area contributed by atoms with Crippen molar-refractivity contribution in [1.29, 1.82) is 0 Å². The topological polar surface area (TPSA) is 38.3 Å². The van der Waals surface area contributed by atoms with Crippen LogP contribution in [0.2, 0.25) is 0 Å². The molecule has 3 heteroatoms. The van der Waals surface area contributed by atoms with Gasteiger partial charge in [0.1, 0.15) is 0 Å². The summed E-state index contributed by atoms with van der Waals surface area (Å²) in [5.41, 5.74) is 0.865. The van der Waals surface area contributed by atoms with Crippen molar-refractivity contribution in [3.05, 3.63) is 35.9 Å². The molecule has 1 atom stereocenters. The smallest absolute Gasteiger partial charge is 0.253 e. The van der Waals surface area contributed by atoms with Gasteiger partial charge in [-0.15, -0.1) is 0 Å². The Labute approximate surface area is 77.7 Å². The van der Waals surface area contributed by atoms with Crippen molar-refractivity contribution in [3.8, 4) is 0 Å². The molecule has 0 aromatic heterocycles. The highest BCUT2D eigenvalue weighted by Crippen LogP contribution is 2.15. The van der Waals surface area contributed by atoms with Crippen LogP contribution in [0.25, 0.3) is 0 Å². The van der Waals surface area contributed by atoms with Gasteiger partial charge in [-0.2, -0.15) is 0 Å². The molecule has 0 aliphatic carbocycles. The number of amides is 1. The molecule has 0 fully saturated rings. The Kier molecular flexibility index (Phi) is 3.46. The Morgan fingerprint density at radius 1 is 1.38 bits per heavy atom. The lowest BCUT2D eigenvalue weighted by Crippen LogP contribution is -2.26. The second-order valence-electron chi connectivity index (χ2n) is 2.64. The molecule has 1 unspecified atom stereocenters. The summed E-state index contributed by atoms with van der Waals surface area (Å²) in [5.74, 6) is -0.131. The molecule has 1 aromatic carbocycles. The minimum atomic E-state index is -0.508. The minimum absolute atomic E-state index is 0.131. The van der Waals surface area contributed by atoms with Crippen molar-refractivity contribution >= 4 is 5.91 Å². The standard InChI is InChI=1S/C10H13NO2/c1-11-10(12)9(13-2)8-6-4-3-5-7-8/h3-7,9H,1-2H3,(H,11,12). The third-order valence-electron chi connectivity index (χ3n) is 1.82. The zero-order valence-corrected chi connectivity index (χ0v) is 7.78. The third-order valence-corrected chi connectivity index (χ3v) is 1.82. The molecule has 0 heterocycles. The van der Waals surface area contributed by atoms with Gasteiger partial charge < -0.3 is 10.1 Å². The maximum absolute atomic E-state index is 11.3. The maximum Gasteiger partial charge on any atom is 0.253 e. The molecule has 3 nitrogen and oxygen atoms in total. The number of hydrogen-bond donors (Lipinski definition) is 1. The third kappa shape index (κ3) is 2.29. The number of carbonyl (C=O) groups is 1. The van der Waals surface area contributed by atoms with E-state index < -0.39 is 6.10 Å². The van der Waals surface area contributed by atoms with Crippen LogP contribution in [0.5, 0.6) is 0 Å². The lowest BCUT2D eigenvalue weighted by atomic mass is 10.1.